The molecule has 5 aromatic rings. The maximum absolute atomic E-state index is 15.0. The fourth-order valence-electron chi connectivity index (χ4n) is 9.79. The van der Waals surface area contributed by atoms with Gasteiger partial charge in [-0.2, -0.15) is 0 Å². The van der Waals surface area contributed by atoms with Crippen molar-refractivity contribution in [2.24, 2.45) is 5.92 Å². The number of carbonyl (C=O) groups excluding carboxylic acids is 3. The van der Waals surface area contributed by atoms with Crippen LogP contribution in [-0.2, 0) is 59.0 Å². The Balaban J connectivity index is 0.876. The van der Waals surface area contributed by atoms with Crippen molar-refractivity contribution < 1.29 is 41.8 Å². The number of halogens is 1. The van der Waals surface area contributed by atoms with E-state index in [-0.39, 0.29) is 67.7 Å². The number of hydrogen-bond acceptors (Lipinski definition) is 17. The van der Waals surface area contributed by atoms with E-state index in [2.05, 4.69) is 74.1 Å². The zero-order valence-corrected chi connectivity index (χ0v) is 46.7. The Bertz CT molecular complexity index is 3130. The number of amides is 2. The molecule has 3 atom stereocenters. The van der Waals surface area contributed by atoms with Gasteiger partial charge in [0.2, 0.25) is 26.8 Å². The Morgan fingerprint density at radius 2 is 1.76 bits per heavy atom. The molecule has 0 fully saturated rings. The van der Waals surface area contributed by atoms with Gasteiger partial charge < -0.3 is 45.3 Å². The van der Waals surface area contributed by atoms with Gasteiger partial charge in [0.25, 0.3) is 5.56 Å². The lowest BCUT2D eigenvalue weighted by atomic mass is 9.86. The molecule has 2 aliphatic heterocycles. The second-order valence-electron chi connectivity index (χ2n) is 20.4. The van der Waals surface area contributed by atoms with Crippen molar-refractivity contribution >= 4 is 44.6 Å². The predicted molar refractivity (Wildman–Crippen MR) is 293 cm³/mol. The maximum atomic E-state index is 15.0. The lowest BCUT2D eigenvalue weighted by molar-refractivity contribution is -0.172. The van der Waals surface area contributed by atoms with Crippen molar-refractivity contribution in [3.63, 3.8) is 0 Å². The SMILES string of the molecule is CCN(CC)CCCC[C@H](NC[C@@H](NCCCCCCn1cc(-c2cnc(S(C)(=O)=O)nc2)nn1)C(C)C)C(=O)NCC(=O)NCOC/C=C/c1c2c(nc3cc(F)c(C)cc13)-c1cc3c(c(=O)n1C2)COC(=O)[C@]3(O)CC. The van der Waals surface area contributed by atoms with Crippen LogP contribution < -0.4 is 26.8 Å². The number of pyridine rings is 2. The first-order valence-corrected chi connectivity index (χ1v) is 29.0. The number of rotatable bonds is 30. The molecule has 0 spiro atoms. The molecule has 23 heteroatoms. The summed E-state index contributed by atoms with van der Waals surface area (Å²) in [5.74, 6) is -1.65. The highest BCUT2D eigenvalue weighted by molar-refractivity contribution is 7.90. The van der Waals surface area contributed by atoms with Crippen LogP contribution in [0.15, 0.2) is 52.8 Å². The molecule has 78 heavy (non-hydrogen) atoms. The van der Waals surface area contributed by atoms with Crippen molar-refractivity contribution in [1.82, 2.24) is 60.7 Å². The lowest BCUT2D eigenvalue weighted by Gasteiger charge is -2.31. The molecule has 2 aliphatic rings. The smallest absolute Gasteiger partial charge is 0.343 e. The van der Waals surface area contributed by atoms with E-state index in [9.17, 15) is 37.1 Å². The molecular weight excluding hydrogens is 1020 g/mol. The van der Waals surface area contributed by atoms with Crippen LogP contribution in [0, 0.1) is 18.7 Å². The molecule has 0 saturated carbocycles. The first-order chi connectivity index (χ1) is 37.4. The summed E-state index contributed by atoms with van der Waals surface area (Å²) in [7, 11) is -3.49. The summed E-state index contributed by atoms with van der Waals surface area (Å²) in [5, 5.41) is 32.9. The van der Waals surface area contributed by atoms with E-state index in [0.717, 1.165) is 71.0 Å². The number of aryl methyl sites for hydroxylation is 2. The van der Waals surface area contributed by atoms with Gasteiger partial charge in [-0.3, -0.25) is 19.1 Å². The quantitative estimate of drug-likeness (QED) is 0.0179. The highest BCUT2D eigenvalue weighted by Crippen LogP contribution is 2.41. The number of ether oxygens (including phenoxy) is 2. The normalized spacial score (nSPS) is 15.9. The van der Waals surface area contributed by atoms with E-state index in [1.807, 2.05) is 6.08 Å². The number of benzene rings is 1. The second kappa shape index (κ2) is 27.0. The van der Waals surface area contributed by atoms with Crippen LogP contribution in [0.2, 0.25) is 0 Å². The number of sulfone groups is 1. The van der Waals surface area contributed by atoms with Gasteiger partial charge in [0, 0.05) is 65.9 Å². The number of hydrogen-bond donors (Lipinski definition) is 5. The van der Waals surface area contributed by atoms with Gasteiger partial charge in [-0.15, -0.1) is 5.10 Å². The van der Waals surface area contributed by atoms with Gasteiger partial charge in [-0.05, 0) is 94.4 Å². The molecule has 2 amide bonds. The molecule has 0 unspecified atom stereocenters. The van der Waals surface area contributed by atoms with E-state index >= 15 is 0 Å². The molecule has 0 radical (unpaired) electrons. The molecular formula is C55H75FN12O9S. The van der Waals surface area contributed by atoms with Crippen LogP contribution in [0.4, 0.5) is 4.39 Å². The first-order valence-electron chi connectivity index (χ1n) is 27.1. The van der Waals surface area contributed by atoms with Gasteiger partial charge in [0.1, 0.15) is 24.8 Å². The maximum Gasteiger partial charge on any atom is 0.343 e. The van der Waals surface area contributed by atoms with Crippen LogP contribution >= 0.6 is 0 Å². The standard InChI is InChI=1S/C55H75FN12O9S/c1-8-55(73)42-25-48-50-40(31-68(48)52(71)41(42)33-77-53(55)72)38(39-24-36(6)43(56)26-45(39)63-50)18-17-23-76-34-62-49(69)30-59-51(70)44(19-13-16-21-66(9-2)10-3)58-29-46(35(4)5)57-20-14-11-12-15-22-67-32-47(64-65-67)37-27-60-54(61-28-37)78(7,74)75/h17-18,24-28,32,35,44,46,57-58,73H,8-16,19-23,29-31,33-34H2,1-7H3,(H,59,70)(H,62,69)/b18-17+/t44-,46+,55-/m0/s1. The van der Waals surface area contributed by atoms with Gasteiger partial charge in [0.05, 0.1) is 54.4 Å². The average Bonchev–Trinajstić information content (AvgIpc) is 4.27. The number of fused-ring (bicyclic) bond motifs is 5. The van der Waals surface area contributed by atoms with Crippen LogP contribution in [0.1, 0.15) is 114 Å². The minimum absolute atomic E-state index is 0.00162. The number of nitrogens with zero attached hydrogens (tertiary/aromatic N) is 8. The molecule has 7 rings (SSSR count). The van der Waals surface area contributed by atoms with Gasteiger partial charge >= 0.3 is 5.97 Å². The third-order valence-corrected chi connectivity index (χ3v) is 15.5. The number of unbranched alkanes of at least 4 members (excludes halogenated alkanes) is 4. The molecule has 6 heterocycles. The number of carbonyl (C=O) groups is 3. The molecule has 0 saturated heterocycles. The van der Waals surface area contributed by atoms with Gasteiger partial charge in [-0.25, -0.2) is 32.6 Å². The number of esters is 1. The van der Waals surface area contributed by atoms with Crippen molar-refractivity contribution in [3.05, 3.63) is 86.9 Å². The summed E-state index contributed by atoms with van der Waals surface area (Å²) in [6, 6.07) is 4.27. The first kappa shape index (κ1) is 59.3. The Labute approximate surface area is 455 Å². The summed E-state index contributed by atoms with van der Waals surface area (Å²) in [6.07, 6.45) is 15.6. The minimum atomic E-state index is -3.49. The highest BCUT2D eigenvalue weighted by atomic mass is 32.2. The monoisotopic (exact) mass is 1100 g/mol. The predicted octanol–water partition coefficient (Wildman–Crippen LogP) is 4.54. The highest BCUT2D eigenvalue weighted by Gasteiger charge is 2.45. The van der Waals surface area contributed by atoms with Crippen LogP contribution in [-0.4, -0.2) is 142 Å². The molecule has 0 aliphatic carbocycles. The van der Waals surface area contributed by atoms with Gasteiger partial charge in [0.15, 0.2) is 5.60 Å². The summed E-state index contributed by atoms with van der Waals surface area (Å²) >= 11 is 0. The third kappa shape index (κ3) is 14.5. The summed E-state index contributed by atoms with van der Waals surface area (Å²) in [5.41, 5.74) is 2.14. The molecule has 0 bridgehead atoms. The zero-order chi connectivity index (χ0) is 56.1. The molecule has 5 N–H and O–H groups in total. The van der Waals surface area contributed by atoms with Crippen molar-refractivity contribution in [3.8, 4) is 22.6 Å². The van der Waals surface area contributed by atoms with E-state index < -0.39 is 44.7 Å². The van der Waals surface area contributed by atoms with Crippen LogP contribution in [0.3, 0.4) is 0 Å². The third-order valence-electron chi connectivity index (χ3n) is 14.6. The Hall–Kier alpha value is -6.37. The zero-order valence-electron chi connectivity index (χ0n) is 45.9. The van der Waals surface area contributed by atoms with Crippen molar-refractivity contribution in [2.45, 2.75) is 135 Å². The van der Waals surface area contributed by atoms with E-state index in [1.54, 1.807) is 42.9 Å². The van der Waals surface area contributed by atoms with E-state index in [4.69, 9.17) is 14.5 Å². The Morgan fingerprint density at radius 3 is 2.47 bits per heavy atom. The molecule has 1 aromatic carbocycles. The summed E-state index contributed by atoms with van der Waals surface area (Å²) < 4.78 is 52.6. The Morgan fingerprint density at radius 1 is 1.00 bits per heavy atom. The number of aromatic nitrogens is 7. The number of cyclic esters (lactones) is 1. The average molecular weight is 1100 g/mol. The second-order valence-corrected chi connectivity index (χ2v) is 22.3. The van der Waals surface area contributed by atoms with E-state index in [1.165, 1.54) is 23.0 Å². The largest absolute Gasteiger partial charge is 0.458 e. The summed E-state index contributed by atoms with van der Waals surface area (Å²) in [6.45, 7) is 16.4. The molecule has 4 aromatic heterocycles. The van der Waals surface area contributed by atoms with Crippen molar-refractivity contribution in [1.29, 1.82) is 0 Å². The summed E-state index contributed by atoms with van der Waals surface area (Å²) in [4.78, 5) is 68.3. The van der Waals surface area contributed by atoms with Gasteiger partial charge in [-0.1, -0.05) is 71.2 Å². The van der Waals surface area contributed by atoms with Crippen LogP contribution in [0.5, 0.6) is 0 Å². The molecule has 21 nitrogen and oxygen atoms in total. The fraction of sp³-hybridized carbons (Fsp3) is 0.545. The lowest BCUT2D eigenvalue weighted by Crippen LogP contribution is -2.51. The van der Waals surface area contributed by atoms with Crippen molar-refractivity contribution in [2.75, 3.05) is 58.9 Å². The number of aliphatic hydroxyl groups is 1. The topological polar surface area (TPSA) is 267 Å². The van der Waals surface area contributed by atoms with Crippen LogP contribution in [0.25, 0.3) is 39.6 Å². The Kier molecular flexibility index (Phi) is 20.5. The van der Waals surface area contributed by atoms with E-state index in [0.29, 0.717) is 75.7 Å². The fourth-order valence-corrected chi connectivity index (χ4v) is 10.3. The molecule has 422 valence electrons. The minimum Gasteiger partial charge on any atom is -0.458 e. The number of nitrogens with one attached hydrogen (secondary N) is 4.